The molecule has 0 radical (unpaired) electrons. The molecule has 0 bridgehead atoms. The number of ether oxygens (including phenoxy) is 1. The van der Waals surface area contributed by atoms with E-state index in [0.29, 0.717) is 25.0 Å². The van der Waals surface area contributed by atoms with Crippen molar-refractivity contribution in [2.45, 2.75) is 31.9 Å². The van der Waals surface area contributed by atoms with Crippen LogP contribution in [0, 0.1) is 0 Å². The molecule has 1 aliphatic rings. The monoisotopic (exact) mass is 419 g/mol. The fraction of sp³-hybridized carbons (Fsp3) is 0.333. The Morgan fingerprint density at radius 2 is 1.90 bits per heavy atom. The summed E-state index contributed by atoms with van der Waals surface area (Å²) in [5.74, 6) is -0.352. The number of aliphatic hydroxyl groups excluding tert-OH is 1. The van der Waals surface area contributed by atoms with Crippen LogP contribution in [0.15, 0.2) is 48.8 Å². The fourth-order valence-corrected chi connectivity index (χ4v) is 3.65. The van der Waals surface area contributed by atoms with Crippen molar-refractivity contribution in [3.05, 3.63) is 48.8 Å². The van der Waals surface area contributed by atoms with Crippen LogP contribution in [0.4, 0.5) is 13.2 Å². The number of amides is 1. The molecule has 1 fully saturated rings. The fourth-order valence-electron chi connectivity index (χ4n) is 3.65. The van der Waals surface area contributed by atoms with Crippen molar-refractivity contribution in [3.8, 4) is 16.9 Å². The van der Waals surface area contributed by atoms with Gasteiger partial charge in [-0.2, -0.15) is 0 Å². The summed E-state index contributed by atoms with van der Waals surface area (Å²) in [7, 11) is 0. The summed E-state index contributed by atoms with van der Waals surface area (Å²) in [4.78, 5) is 18.6. The van der Waals surface area contributed by atoms with Crippen molar-refractivity contribution >= 4 is 16.9 Å². The van der Waals surface area contributed by atoms with Crippen molar-refractivity contribution in [3.63, 3.8) is 0 Å². The first kappa shape index (κ1) is 20.2. The Morgan fingerprint density at radius 3 is 2.60 bits per heavy atom. The molecule has 30 heavy (non-hydrogen) atoms. The Kier molecular flexibility index (Phi) is 5.38. The number of benzene rings is 2. The Bertz CT molecular complexity index is 1050. The van der Waals surface area contributed by atoms with Gasteiger partial charge in [0.2, 0.25) is 5.91 Å². The van der Waals surface area contributed by atoms with E-state index in [2.05, 4.69) is 9.72 Å². The van der Waals surface area contributed by atoms with Crippen LogP contribution >= 0.6 is 0 Å². The Morgan fingerprint density at radius 1 is 1.17 bits per heavy atom. The van der Waals surface area contributed by atoms with Crippen LogP contribution < -0.4 is 4.74 Å². The van der Waals surface area contributed by atoms with Crippen LogP contribution in [-0.4, -0.2) is 51.0 Å². The minimum absolute atomic E-state index is 0.0719. The first-order valence-corrected chi connectivity index (χ1v) is 9.55. The molecule has 0 saturated carbocycles. The second-order valence-corrected chi connectivity index (χ2v) is 7.28. The molecule has 2 heterocycles. The smallest absolute Gasteiger partial charge is 0.406 e. The van der Waals surface area contributed by atoms with Gasteiger partial charge in [0.15, 0.2) is 0 Å². The number of nitrogens with zero attached hydrogens (tertiary/aromatic N) is 3. The Balaban J connectivity index is 1.50. The zero-order valence-corrected chi connectivity index (χ0v) is 16.0. The number of likely N-dealkylation sites (tertiary alicyclic amines) is 1. The Labute approximate surface area is 170 Å². The van der Waals surface area contributed by atoms with Crippen LogP contribution in [0.25, 0.3) is 22.2 Å². The molecular formula is C21H20F3N3O3. The quantitative estimate of drug-likeness (QED) is 0.702. The first-order valence-electron chi connectivity index (χ1n) is 9.55. The van der Waals surface area contributed by atoms with E-state index in [-0.39, 0.29) is 18.2 Å². The molecule has 2 aromatic carbocycles. The summed E-state index contributed by atoms with van der Waals surface area (Å²) in [6.45, 7) is 1.12. The number of alkyl halides is 3. The summed E-state index contributed by atoms with van der Waals surface area (Å²) < 4.78 is 42.5. The lowest BCUT2D eigenvalue weighted by Gasteiger charge is -2.30. The van der Waals surface area contributed by atoms with Gasteiger partial charge >= 0.3 is 6.36 Å². The van der Waals surface area contributed by atoms with Crippen LogP contribution in [0.2, 0.25) is 0 Å². The zero-order valence-electron chi connectivity index (χ0n) is 16.0. The van der Waals surface area contributed by atoms with Crippen molar-refractivity contribution in [1.82, 2.24) is 14.5 Å². The third kappa shape index (κ3) is 4.56. The lowest BCUT2D eigenvalue weighted by Crippen LogP contribution is -2.43. The normalized spacial score (nSPS) is 17.3. The number of carbonyl (C=O) groups is 1. The number of hydrogen-bond donors (Lipinski definition) is 1. The van der Waals surface area contributed by atoms with Gasteiger partial charge in [0.1, 0.15) is 12.3 Å². The minimum Gasteiger partial charge on any atom is -0.406 e. The molecule has 4 rings (SSSR count). The van der Waals surface area contributed by atoms with Gasteiger partial charge in [-0.05, 0) is 48.2 Å². The number of fused-ring (bicyclic) bond motifs is 1. The largest absolute Gasteiger partial charge is 0.573 e. The SMILES string of the molecule is O=C(Cn1cnc2cc(-c3ccc(OC(F)(F)F)cc3)ccc21)N1CCC[C@H](O)C1. The van der Waals surface area contributed by atoms with Crippen LogP contribution in [-0.2, 0) is 11.3 Å². The van der Waals surface area contributed by atoms with Gasteiger partial charge in [-0.3, -0.25) is 4.79 Å². The predicted molar refractivity (Wildman–Crippen MR) is 104 cm³/mol. The van der Waals surface area contributed by atoms with E-state index in [1.807, 2.05) is 18.2 Å². The van der Waals surface area contributed by atoms with Crippen molar-refractivity contribution < 1.29 is 27.8 Å². The van der Waals surface area contributed by atoms with Gasteiger partial charge in [-0.15, -0.1) is 13.2 Å². The number of imidazole rings is 1. The third-order valence-corrected chi connectivity index (χ3v) is 5.10. The zero-order chi connectivity index (χ0) is 21.3. The number of halogens is 3. The molecule has 6 nitrogen and oxygen atoms in total. The summed E-state index contributed by atoms with van der Waals surface area (Å²) in [5, 5.41) is 9.76. The minimum atomic E-state index is -4.73. The van der Waals surface area contributed by atoms with Crippen LogP contribution in [0.5, 0.6) is 5.75 Å². The molecule has 0 aliphatic carbocycles. The molecule has 0 spiro atoms. The molecule has 3 aromatic rings. The predicted octanol–water partition coefficient (Wildman–Crippen LogP) is 3.59. The topological polar surface area (TPSA) is 67.6 Å². The van der Waals surface area contributed by atoms with Crippen molar-refractivity contribution in [2.24, 2.45) is 0 Å². The molecule has 0 unspecified atom stereocenters. The van der Waals surface area contributed by atoms with Gasteiger partial charge in [0, 0.05) is 13.1 Å². The molecule has 1 aromatic heterocycles. The highest BCUT2D eigenvalue weighted by Gasteiger charge is 2.31. The van der Waals surface area contributed by atoms with Crippen molar-refractivity contribution in [1.29, 1.82) is 0 Å². The second-order valence-electron chi connectivity index (χ2n) is 7.28. The molecule has 9 heteroatoms. The van der Waals surface area contributed by atoms with Gasteiger partial charge in [0.25, 0.3) is 0 Å². The lowest BCUT2D eigenvalue weighted by atomic mass is 10.1. The number of piperidine rings is 1. The average molecular weight is 419 g/mol. The standard InChI is InChI=1S/C21H20F3N3O3/c22-21(23,24)30-17-6-3-14(4-7-17)15-5-8-19-18(10-15)25-13-27(19)12-20(29)26-9-1-2-16(28)11-26/h3-8,10,13,16,28H,1-2,9,11-12H2/t16-/m0/s1. The molecule has 1 aliphatic heterocycles. The maximum atomic E-state index is 12.5. The van der Waals surface area contributed by atoms with Gasteiger partial charge in [0.05, 0.1) is 23.5 Å². The number of β-amino-alcohol motifs (C(OH)–C–C–N with tert-alkyl or cyclic N) is 1. The van der Waals surface area contributed by atoms with Gasteiger partial charge in [-0.25, -0.2) is 4.98 Å². The summed E-state index contributed by atoms with van der Waals surface area (Å²) >= 11 is 0. The van der Waals surface area contributed by atoms with E-state index in [1.165, 1.54) is 12.1 Å². The molecule has 1 atom stereocenters. The van der Waals surface area contributed by atoms with E-state index in [0.717, 1.165) is 23.1 Å². The Hall–Kier alpha value is -3.07. The third-order valence-electron chi connectivity index (χ3n) is 5.10. The number of rotatable bonds is 4. The maximum Gasteiger partial charge on any atom is 0.573 e. The van der Waals surface area contributed by atoms with E-state index < -0.39 is 12.5 Å². The number of hydrogen-bond acceptors (Lipinski definition) is 4. The first-order chi connectivity index (χ1) is 14.3. The average Bonchev–Trinajstić information content (AvgIpc) is 3.09. The highest BCUT2D eigenvalue weighted by atomic mass is 19.4. The van der Waals surface area contributed by atoms with Crippen LogP contribution in [0.1, 0.15) is 12.8 Å². The molecule has 1 N–H and O–H groups in total. The van der Waals surface area contributed by atoms with Gasteiger partial charge < -0.3 is 19.3 Å². The number of aromatic nitrogens is 2. The summed E-state index contributed by atoms with van der Waals surface area (Å²) in [6.07, 6.45) is -2.11. The highest BCUT2D eigenvalue weighted by molar-refractivity contribution is 5.84. The van der Waals surface area contributed by atoms with E-state index in [4.69, 9.17) is 0 Å². The van der Waals surface area contributed by atoms with E-state index >= 15 is 0 Å². The molecule has 1 saturated heterocycles. The van der Waals surface area contributed by atoms with E-state index in [1.54, 1.807) is 27.9 Å². The summed E-state index contributed by atoms with van der Waals surface area (Å²) in [5.41, 5.74) is 2.97. The van der Waals surface area contributed by atoms with E-state index in [9.17, 15) is 23.1 Å². The number of aliphatic hydroxyl groups is 1. The molecule has 158 valence electrons. The van der Waals surface area contributed by atoms with Gasteiger partial charge in [-0.1, -0.05) is 18.2 Å². The van der Waals surface area contributed by atoms with Crippen LogP contribution in [0.3, 0.4) is 0 Å². The highest BCUT2D eigenvalue weighted by Crippen LogP contribution is 2.28. The molecule has 1 amide bonds. The number of carbonyl (C=O) groups excluding carboxylic acids is 1. The van der Waals surface area contributed by atoms with Crippen molar-refractivity contribution in [2.75, 3.05) is 13.1 Å². The molecular weight excluding hydrogens is 399 g/mol. The summed E-state index contributed by atoms with van der Waals surface area (Å²) in [6, 6.07) is 11.1. The second kappa shape index (κ2) is 7.98. The maximum absolute atomic E-state index is 12.5. The lowest BCUT2D eigenvalue weighted by molar-refractivity contribution is -0.274.